The number of hydrogen-bond donors (Lipinski definition) is 1. The molecule has 4 aliphatic rings. The van der Waals surface area contributed by atoms with E-state index >= 15 is 0 Å². The monoisotopic (exact) mass is 427 g/mol. The molecule has 4 nitrogen and oxygen atoms in total. The second-order valence-electron chi connectivity index (χ2n) is 10.2. The topological polar surface area (TPSA) is 69.4 Å². The van der Waals surface area contributed by atoms with Crippen LogP contribution in [0.15, 0.2) is 35.2 Å². The number of fused-ring (bicyclic) bond motifs is 1. The smallest absolute Gasteiger partial charge is 0.238 e. The molecule has 0 unspecified atom stereocenters. The van der Waals surface area contributed by atoms with Gasteiger partial charge in [-0.25, -0.2) is 13.6 Å². The molecule has 5 heteroatoms. The minimum absolute atomic E-state index is 0.284. The fraction of sp³-hybridized carbons (Fsp3) is 0.600. The molecular weight excluding hydrogens is 394 g/mol. The summed E-state index contributed by atoms with van der Waals surface area (Å²) in [7, 11) is -3.82. The Labute approximate surface area is 180 Å². The first-order chi connectivity index (χ1) is 14.4. The number of rotatable bonds is 7. The average Bonchev–Trinajstić information content (AvgIpc) is 2.66. The summed E-state index contributed by atoms with van der Waals surface area (Å²) in [4.78, 5) is 0.284. The Morgan fingerprint density at radius 1 is 1.03 bits per heavy atom. The second kappa shape index (κ2) is 7.52. The lowest BCUT2D eigenvalue weighted by Crippen LogP contribution is -2.45. The Balaban J connectivity index is 1.44. The third-order valence-corrected chi connectivity index (χ3v) is 8.99. The van der Waals surface area contributed by atoms with Crippen LogP contribution >= 0.6 is 0 Å². The molecule has 4 bridgehead atoms. The van der Waals surface area contributed by atoms with Gasteiger partial charge >= 0.3 is 0 Å². The van der Waals surface area contributed by atoms with Gasteiger partial charge in [0.2, 0.25) is 10.0 Å². The molecule has 0 amide bonds. The van der Waals surface area contributed by atoms with Gasteiger partial charge in [0.25, 0.3) is 0 Å². The number of ether oxygens (including phenoxy) is 1. The number of benzene rings is 2. The van der Waals surface area contributed by atoms with Crippen LogP contribution < -0.4 is 9.88 Å². The Morgan fingerprint density at radius 3 is 2.20 bits per heavy atom. The van der Waals surface area contributed by atoms with Crippen molar-refractivity contribution < 1.29 is 13.2 Å². The summed E-state index contributed by atoms with van der Waals surface area (Å²) in [6, 6.07) is 9.45. The summed E-state index contributed by atoms with van der Waals surface area (Å²) in [5.41, 5.74) is 1.32. The van der Waals surface area contributed by atoms with Gasteiger partial charge in [-0.1, -0.05) is 24.3 Å². The van der Waals surface area contributed by atoms with Crippen LogP contribution in [0.4, 0.5) is 0 Å². The molecule has 0 atom stereocenters. The lowest BCUT2D eigenvalue weighted by molar-refractivity contribution is -0.0580. The highest BCUT2D eigenvalue weighted by atomic mass is 32.2. The van der Waals surface area contributed by atoms with Crippen LogP contribution in [0.25, 0.3) is 10.8 Å². The van der Waals surface area contributed by atoms with Crippen molar-refractivity contribution >= 4 is 20.8 Å². The van der Waals surface area contributed by atoms with Crippen molar-refractivity contribution in [2.45, 2.75) is 69.6 Å². The molecule has 0 aromatic heterocycles. The molecule has 162 valence electrons. The van der Waals surface area contributed by atoms with E-state index in [0.29, 0.717) is 17.4 Å². The number of hydrogen-bond acceptors (Lipinski definition) is 3. The minimum Gasteiger partial charge on any atom is -0.493 e. The first-order valence-corrected chi connectivity index (χ1v) is 13.1. The largest absolute Gasteiger partial charge is 0.493 e. The molecule has 2 N–H and O–H groups in total. The lowest BCUT2D eigenvalue weighted by atomic mass is 9.48. The van der Waals surface area contributed by atoms with Crippen molar-refractivity contribution in [3.8, 4) is 5.75 Å². The number of primary sulfonamides is 1. The van der Waals surface area contributed by atoms with Gasteiger partial charge in [-0.3, -0.25) is 0 Å². The Bertz CT molecular complexity index is 1020. The molecule has 30 heavy (non-hydrogen) atoms. The molecule has 4 saturated carbocycles. The average molecular weight is 428 g/mol. The van der Waals surface area contributed by atoms with Gasteiger partial charge in [0, 0.05) is 10.8 Å². The fourth-order valence-electron chi connectivity index (χ4n) is 7.42. The van der Waals surface area contributed by atoms with Gasteiger partial charge in [-0.05, 0) is 99.5 Å². The molecule has 6 rings (SSSR count). The summed E-state index contributed by atoms with van der Waals surface area (Å²) in [5.74, 6) is 3.59. The van der Waals surface area contributed by atoms with Crippen molar-refractivity contribution in [3.63, 3.8) is 0 Å². The predicted molar refractivity (Wildman–Crippen MR) is 120 cm³/mol. The molecule has 0 saturated heterocycles. The molecule has 2 aromatic carbocycles. The molecule has 2 aromatic rings. The maximum atomic E-state index is 12.6. The highest BCUT2D eigenvalue weighted by Crippen LogP contribution is 2.61. The van der Waals surface area contributed by atoms with Crippen molar-refractivity contribution in [1.29, 1.82) is 0 Å². The van der Waals surface area contributed by atoms with E-state index in [2.05, 4.69) is 0 Å². The van der Waals surface area contributed by atoms with E-state index in [4.69, 9.17) is 9.88 Å². The lowest BCUT2D eigenvalue weighted by Gasteiger charge is -2.57. The SMILES string of the molecule is CCOc1cc(CCCC23CC4CC(CC(C4)C2)C3)c(S(N)(=O)=O)c2ccccc12. The molecular formula is C25H33NO3S. The minimum atomic E-state index is -3.82. The van der Waals surface area contributed by atoms with Crippen LogP contribution in [0.3, 0.4) is 0 Å². The quantitative estimate of drug-likeness (QED) is 0.641. The highest BCUT2D eigenvalue weighted by molar-refractivity contribution is 7.89. The number of nitrogens with two attached hydrogens (primary N) is 1. The van der Waals surface area contributed by atoms with E-state index in [1.165, 1.54) is 44.9 Å². The third kappa shape index (κ3) is 3.64. The van der Waals surface area contributed by atoms with Crippen LogP contribution in [-0.2, 0) is 16.4 Å². The van der Waals surface area contributed by atoms with Crippen LogP contribution in [0.5, 0.6) is 5.75 Å². The Morgan fingerprint density at radius 2 is 1.63 bits per heavy atom. The summed E-state index contributed by atoms with van der Waals surface area (Å²) >= 11 is 0. The normalized spacial score (nSPS) is 30.1. The van der Waals surface area contributed by atoms with Crippen molar-refractivity contribution in [2.75, 3.05) is 6.61 Å². The van der Waals surface area contributed by atoms with Gasteiger partial charge in [-0.2, -0.15) is 0 Å². The summed E-state index contributed by atoms with van der Waals surface area (Å²) < 4.78 is 31.0. The van der Waals surface area contributed by atoms with E-state index in [0.717, 1.165) is 47.3 Å². The zero-order valence-electron chi connectivity index (χ0n) is 17.9. The number of aryl methyl sites for hydroxylation is 1. The first kappa shape index (κ1) is 20.3. The molecule has 0 radical (unpaired) electrons. The molecule has 4 fully saturated rings. The van der Waals surface area contributed by atoms with Crippen molar-refractivity contribution in [2.24, 2.45) is 28.3 Å². The zero-order chi connectivity index (χ0) is 20.9. The van der Waals surface area contributed by atoms with Gasteiger partial charge in [-0.15, -0.1) is 0 Å². The fourth-order valence-corrected chi connectivity index (χ4v) is 8.43. The molecule has 0 heterocycles. The summed E-state index contributed by atoms with van der Waals surface area (Å²) in [6.45, 7) is 2.50. The van der Waals surface area contributed by atoms with Crippen molar-refractivity contribution in [3.05, 3.63) is 35.9 Å². The second-order valence-corrected chi connectivity index (χ2v) is 11.7. The van der Waals surface area contributed by atoms with E-state index in [-0.39, 0.29) is 4.90 Å². The van der Waals surface area contributed by atoms with E-state index in [1.807, 2.05) is 37.3 Å². The van der Waals surface area contributed by atoms with E-state index < -0.39 is 10.0 Å². The zero-order valence-corrected chi connectivity index (χ0v) is 18.7. The molecule has 0 spiro atoms. The maximum absolute atomic E-state index is 12.6. The predicted octanol–water partition coefficient (Wildman–Crippen LogP) is 5.43. The van der Waals surface area contributed by atoms with Crippen LogP contribution in [0, 0.1) is 23.2 Å². The van der Waals surface area contributed by atoms with E-state index in [9.17, 15) is 8.42 Å². The summed E-state index contributed by atoms with van der Waals surface area (Å²) in [5, 5.41) is 7.19. The van der Waals surface area contributed by atoms with Crippen LogP contribution in [-0.4, -0.2) is 15.0 Å². The molecule has 0 aliphatic heterocycles. The van der Waals surface area contributed by atoms with Crippen LogP contribution in [0.2, 0.25) is 0 Å². The van der Waals surface area contributed by atoms with E-state index in [1.54, 1.807) is 0 Å². The Kier molecular flexibility index (Phi) is 5.10. The highest BCUT2D eigenvalue weighted by Gasteiger charge is 2.50. The number of sulfonamides is 1. The maximum Gasteiger partial charge on any atom is 0.238 e. The van der Waals surface area contributed by atoms with Gasteiger partial charge in [0.05, 0.1) is 11.5 Å². The molecule has 4 aliphatic carbocycles. The van der Waals surface area contributed by atoms with Crippen molar-refractivity contribution in [1.82, 2.24) is 0 Å². The van der Waals surface area contributed by atoms with Gasteiger partial charge in [0.15, 0.2) is 0 Å². The standard InChI is InChI=1S/C25H33NO3S/c1-2-29-23-13-20(24(30(26,27)28)22-8-4-3-7-21(22)23)6-5-9-25-14-17-10-18(15-25)12-19(11-17)16-25/h3-4,7-8,13,17-19H,2,5-6,9-12,14-16H2,1H3,(H2,26,27,28). The summed E-state index contributed by atoms with van der Waals surface area (Å²) in [6.07, 6.45) is 11.5. The van der Waals surface area contributed by atoms with Gasteiger partial charge < -0.3 is 4.74 Å². The third-order valence-electron chi connectivity index (χ3n) is 7.94. The van der Waals surface area contributed by atoms with Crippen LogP contribution in [0.1, 0.15) is 63.9 Å². The van der Waals surface area contributed by atoms with Gasteiger partial charge in [0.1, 0.15) is 5.75 Å². The first-order valence-electron chi connectivity index (χ1n) is 11.6. The Hall–Kier alpha value is -1.59.